The second-order valence-corrected chi connectivity index (χ2v) is 5.03. The van der Waals surface area contributed by atoms with Crippen molar-refractivity contribution in [1.82, 2.24) is 4.90 Å². The van der Waals surface area contributed by atoms with Crippen LogP contribution >= 0.6 is 0 Å². The molecular weight excluding hydrogens is 219 g/mol. The van der Waals surface area contributed by atoms with Gasteiger partial charge in [-0.05, 0) is 38.8 Å². The number of nitrogens with zero attached hydrogens (tertiary/aromatic N) is 1. The van der Waals surface area contributed by atoms with Crippen LogP contribution in [0.2, 0.25) is 0 Å². The second kappa shape index (κ2) is 4.02. The molecule has 1 aliphatic carbocycles. The van der Waals surface area contributed by atoms with Gasteiger partial charge in [-0.2, -0.15) is 13.2 Å². The number of carbonyl (C=O) groups excluding carboxylic acids is 1. The van der Waals surface area contributed by atoms with Gasteiger partial charge in [-0.3, -0.25) is 0 Å². The van der Waals surface area contributed by atoms with Crippen molar-refractivity contribution in [3.63, 3.8) is 0 Å². The van der Waals surface area contributed by atoms with E-state index < -0.39 is 11.6 Å². The highest BCUT2D eigenvalue weighted by molar-refractivity contribution is 5.53. The molecule has 2 fully saturated rings. The van der Waals surface area contributed by atoms with Gasteiger partial charge in [0.2, 0.25) is 0 Å². The highest BCUT2D eigenvalue weighted by atomic mass is 19.4. The Bertz CT molecular complexity index is 265. The first-order chi connectivity index (χ1) is 7.47. The van der Waals surface area contributed by atoms with Crippen LogP contribution in [0.5, 0.6) is 0 Å². The van der Waals surface area contributed by atoms with E-state index in [0.717, 1.165) is 6.29 Å². The lowest BCUT2D eigenvalue weighted by atomic mass is 9.96. The molecule has 0 aromatic carbocycles. The number of piperidine rings is 1. The molecule has 0 unspecified atom stereocenters. The van der Waals surface area contributed by atoms with Crippen molar-refractivity contribution in [3.8, 4) is 0 Å². The molecule has 0 aromatic rings. The topological polar surface area (TPSA) is 20.3 Å². The van der Waals surface area contributed by atoms with Gasteiger partial charge in [-0.15, -0.1) is 0 Å². The SMILES string of the molecule is O=CC1CCN(CC2(C(F)(F)F)CC2)CC1. The fraction of sp³-hybridized carbons (Fsp3) is 0.909. The van der Waals surface area contributed by atoms with E-state index in [0.29, 0.717) is 25.9 Å². The van der Waals surface area contributed by atoms with Crippen LogP contribution in [-0.4, -0.2) is 37.0 Å². The van der Waals surface area contributed by atoms with Gasteiger partial charge in [0.25, 0.3) is 0 Å². The highest BCUT2D eigenvalue weighted by Crippen LogP contribution is 2.58. The van der Waals surface area contributed by atoms with Gasteiger partial charge in [-0.1, -0.05) is 0 Å². The normalized spacial score (nSPS) is 26.7. The molecule has 0 spiro atoms. The van der Waals surface area contributed by atoms with E-state index in [4.69, 9.17) is 0 Å². The molecule has 2 aliphatic rings. The zero-order valence-corrected chi connectivity index (χ0v) is 9.09. The number of halogens is 3. The second-order valence-electron chi connectivity index (χ2n) is 5.03. The van der Waals surface area contributed by atoms with Gasteiger partial charge in [0, 0.05) is 12.5 Å². The van der Waals surface area contributed by atoms with Crippen molar-refractivity contribution in [2.45, 2.75) is 31.9 Å². The molecule has 0 N–H and O–H groups in total. The van der Waals surface area contributed by atoms with Crippen molar-refractivity contribution in [3.05, 3.63) is 0 Å². The van der Waals surface area contributed by atoms with Crippen LogP contribution in [0.25, 0.3) is 0 Å². The predicted molar refractivity (Wildman–Crippen MR) is 53.0 cm³/mol. The minimum Gasteiger partial charge on any atom is -0.303 e. The number of carbonyl (C=O) groups is 1. The quantitative estimate of drug-likeness (QED) is 0.699. The van der Waals surface area contributed by atoms with Gasteiger partial charge in [0.05, 0.1) is 5.41 Å². The fourth-order valence-electron chi connectivity index (χ4n) is 2.36. The van der Waals surface area contributed by atoms with Crippen LogP contribution in [-0.2, 0) is 4.79 Å². The Morgan fingerprint density at radius 3 is 2.19 bits per heavy atom. The third-order valence-corrected chi connectivity index (χ3v) is 3.81. The van der Waals surface area contributed by atoms with E-state index in [9.17, 15) is 18.0 Å². The Morgan fingerprint density at radius 2 is 1.81 bits per heavy atom. The lowest BCUT2D eigenvalue weighted by Gasteiger charge is -2.33. The minimum atomic E-state index is -4.06. The molecule has 0 aromatic heterocycles. The number of rotatable bonds is 3. The molecule has 0 radical (unpaired) electrons. The molecule has 0 bridgehead atoms. The molecule has 1 heterocycles. The number of alkyl halides is 3. The summed E-state index contributed by atoms with van der Waals surface area (Å²) in [5.41, 5.74) is -1.43. The first kappa shape index (κ1) is 11.9. The van der Waals surface area contributed by atoms with E-state index in [2.05, 4.69) is 0 Å². The van der Waals surface area contributed by atoms with Gasteiger partial charge >= 0.3 is 6.18 Å². The third kappa shape index (κ3) is 2.24. The van der Waals surface area contributed by atoms with Gasteiger partial charge < -0.3 is 9.69 Å². The smallest absolute Gasteiger partial charge is 0.303 e. The van der Waals surface area contributed by atoms with Crippen LogP contribution in [0.1, 0.15) is 25.7 Å². The van der Waals surface area contributed by atoms with Crippen molar-refractivity contribution >= 4 is 6.29 Å². The summed E-state index contributed by atoms with van der Waals surface area (Å²) in [6.07, 6.45) is -1.19. The van der Waals surface area contributed by atoms with Crippen molar-refractivity contribution < 1.29 is 18.0 Å². The van der Waals surface area contributed by atoms with E-state index in [1.807, 2.05) is 4.90 Å². The summed E-state index contributed by atoms with van der Waals surface area (Å²) < 4.78 is 38.1. The average molecular weight is 235 g/mol. The van der Waals surface area contributed by atoms with Gasteiger partial charge in [0.1, 0.15) is 6.29 Å². The third-order valence-electron chi connectivity index (χ3n) is 3.81. The van der Waals surface area contributed by atoms with Crippen LogP contribution in [0.3, 0.4) is 0 Å². The molecular formula is C11H16F3NO. The summed E-state index contributed by atoms with van der Waals surface area (Å²) in [6, 6.07) is 0. The Balaban J connectivity index is 1.85. The van der Waals surface area contributed by atoms with Crippen molar-refractivity contribution in [2.24, 2.45) is 11.3 Å². The van der Waals surface area contributed by atoms with Crippen LogP contribution < -0.4 is 0 Å². The summed E-state index contributed by atoms with van der Waals surface area (Å²) in [7, 11) is 0. The van der Waals surface area contributed by atoms with Gasteiger partial charge in [-0.25, -0.2) is 0 Å². The molecule has 92 valence electrons. The van der Waals surface area contributed by atoms with E-state index in [1.54, 1.807) is 0 Å². The predicted octanol–water partition coefficient (Wildman–Crippen LogP) is 2.24. The Kier molecular flexibility index (Phi) is 2.99. The summed E-state index contributed by atoms with van der Waals surface area (Å²) >= 11 is 0. The zero-order chi connectivity index (χ0) is 11.8. The first-order valence-electron chi connectivity index (χ1n) is 5.71. The fourth-order valence-corrected chi connectivity index (χ4v) is 2.36. The maximum atomic E-state index is 12.7. The molecule has 1 saturated carbocycles. The Hall–Kier alpha value is -0.580. The molecule has 16 heavy (non-hydrogen) atoms. The van der Waals surface area contributed by atoms with Crippen molar-refractivity contribution in [1.29, 1.82) is 0 Å². The highest BCUT2D eigenvalue weighted by Gasteiger charge is 2.63. The molecule has 1 aliphatic heterocycles. The maximum absolute atomic E-state index is 12.7. The summed E-state index contributed by atoms with van der Waals surface area (Å²) in [5, 5.41) is 0. The molecule has 0 atom stereocenters. The molecule has 1 saturated heterocycles. The number of hydrogen-bond acceptors (Lipinski definition) is 2. The number of likely N-dealkylation sites (tertiary alicyclic amines) is 1. The van der Waals surface area contributed by atoms with Crippen LogP contribution in [0.4, 0.5) is 13.2 Å². The summed E-state index contributed by atoms with van der Waals surface area (Å²) in [4.78, 5) is 12.4. The Morgan fingerprint density at radius 1 is 1.25 bits per heavy atom. The standard InChI is InChI=1S/C11H16F3NO/c12-11(13,14)10(3-4-10)8-15-5-1-9(7-16)2-6-15/h7,9H,1-6,8H2. The number of hydrogen-bond donors (Lipinski definition) is 0. The van der Waals surface area contributed by atoms with E-state index >= 15 is 0 Å². The zero-order valence-electron chi connectivity index (χ0n) is 9.09. The van der Waals surface area contributed by atoms with Crippen LogP contribution in [0, 0.1) is 11.3 Å². The lowest BCUT2D eigenvalue weighted by molar-refractivity contribution is -0.192. The van der Waals surface area contributed by atoms with Crippen molar-refractivity contribution in [2.75, 3.05) is 19.6 Å². The maximum Gasteiger partial charge on any atom is 0.395 e. The molecule has 2 rings (SSSR count). The lowest BCUT2D eigenvalue weighted by Crippen LogP contribution is -2.42. The Labute approximate surface area is 92.8 Å². The summed E-state index contributed by atoms with van der Waals surface area (Å²) in [6.45, 7) is 1.38. The molecule has 5 heteroatoms. The van der Waals surface area contributed by atoms with Gasteiger partial charge in [0.15, 0.2) is 0 Å². The number of aldehydes is 1. The average Bonchev–Trinajstić information content (AvgIpc) is 2.99. The largest absolute Gasteiger partial charge is 0.395 e. The molecule has 0 amide bonds. The summed E-state index contributed by atoms with van der Waals surface area (Å²) in [5.74, 6) is 0.0530. The van der Waals surface area contributed by atoms with E-state index in [1.165, 1.54) is 0 Å². The first-order valence-corrected chi connectivity index (χ1v) is 5.71. The monoisotopic (exact) mass is 235 g/mol. The van der Waals surface area contributed by atoms with E-state index in [-0.39, 0.29) is 25.3 Å². The molecule has 2 nitrogen and oxygen atoms in total. The van der Waals surface area contributed by atoms with Crippen LogP contribution in [0.15, 0.2) is 0 Å². The minimum absolute atomic E-state index is 0.0530.